The predicted octanol–water partition coefficient (Wildman–Crippen LogP) is 1.38. The Morgan fingerprint density at radius 3 is 2.71 bits per heavy atom. The molecule has 21 heavy (non-hydrogen) atoms. The van der Waals surface area contributed by atoms with Crippen molar-refractivity contribution in [3.63, 3.8) is 0 Å². The fourth-order valence-electron chi connectivity index (χ4n) is 2.89. The molecule has 2 aromatic rings. The number of nitrogens with zero attached hydrogens (tertiary/aromatic N) is 3. The van der Waals surface area contributed by atoms with Gasteiger partial charge in [0.2, 0.25) is 0 Å². The summed E-state index contributed by atoms with van der Waals surface area (Å²) in [5.74, 6) is 2.01. The molecule has 0 radical (unpaired) electrons. The van der Waals surface area contributed by atoms with Gasteiger partial charge in [0.25, 0.3) is 5.56 Å². The fraction of sp³-hybridized carbons (Fsp3) is 0.467. The first-order chi connectivity index (χ1) is 9.99. The molecule has 1 aliphatic rings. The molecular formula is C15H18N4O2. The number of nitrogens with one attached hydrogen (secondary N) is 1. The number of hydrogen-bond acceptors (Lipinski definition) is 4. The smallest absolute Gasteiger partial charge is 0.314 e. The standard InChI is InChI=1S/C15H18N4O2/c1-8(2)10-6-12(10)11-7-13(18-17-9(11)3)19-14(20)4-5-16-15(19)21/h4-5,7-8,10,12H,6H2,1-3H3,(H,16,21)/t10-,12+/m1/s1. The molecule has 2 heterocycles. The summed E-state index contributed by atoms with van der Waals surface area (Å²) in [7, 11) is 0. The molecule has 2 atom stereocenters. The molecule has 0 aromatic carbocycles. The summed E-state index contributed by atoms with van der Waals surface area (Å²) in [6, 6.07) is 3.13. The van der Waals surface area contributed by atoms with Gasteiger partial charge in [0.05, 0.1) is 5.69 Å². The molecule has 0 saturated heterocycles. The molecule has 0 bridgehead atoms. The molecule has 1 N–H and O–H groups in total. The van der Waals surface area contributed by atoms with Gasteiger partial charge >= 0.3 is 5.69 Å². The number of aromatic nitrogens is 4. The Hall–Kier alpha value is -2.24. The normalized spacial score (nSPS) is 20.8. The molecule has 0 unspecified atom stereocenters. The molecular weight excluding hydrogens is 268 g/mol. The van der Waals surface area contributed by atoms with Crippen LogP contribution in [0, 0.1) is 18.8 Å². The van der Waals surface area contributed by atoms with E-state index in [0.29, 0.717) is 17.8 Å². The minimum absolute atomic E-state index is 0.289. The highest BCUT2D eigenvalue weighted by Crippen LogP contribution is 2.52. The van der Waals surface area contributed by atoms with Crippen LogP contribution in [-0.2, 0) is 0 Å². The highest BCUT2D eigenvalue weighted by atomic mass is 16.2. The first kappa shape index (κ1) is 13.7. The van der Waals surface area contributed by atoms with Crippen LogP contribution in [-0.4, -0.2) is 19.7 Å². The third-order valence-electron chi connectivity index (χ3n) is 4.19. The Balaban J connectivity index is 2.07. The van der Waals surface area contributed by atoms with Gasteiger partial charge in [0.1, 0.15) is 0 Å². The van der Waals surface area contributed by atoms with Crippen molar-refractivity contribution < 1.29 is 0 Å². The first-order valence-corrected chi connectivity index (χ1v) is 7.14. The molecule has 1 aliphatic carbocycles. The molecule has 3 rings (SSSR count). The van der Waals surface area contributed by atoms with E-state index in [-0.39, 0.29) is 5.82 Å². The van der Waals surface area contributed by atoms with E-state index in [0.717, 1.165) is 22.2 Å². The lowest BCUT2D eigenvalue weighted by Crippen LogP contribution is -2.33. The second-order valence-corrected chi connectivity index (χ2v) is 5.95. The molecule has 0 spiro atoms. The van der Waals surface area contributed by atoms with Gasteiger partial charge in [-0.15, -0.1) is 5.10 Å². The van der Waals surface area contributed by atoms with Gasteiger partial charge < -0.3 is 4.98 Å². The molecule has 0 amide bonds. The van der Waals surface area contributed by atoms with Gasteiger partial charge in [0.15, 0.2) is 5.82 Å². The average Bonchev–Trinajstić information content (AvgIpc) is 3.20. The summed E-state index contributed by atoms with van der Waals surface area (Å²) in [4.78, 5) is 26.2. The van der Waals surface area contributed by atoms with E-state index in [4.69, 9.17) is 0 Å². The molecule has 1 fully saturated rings. The molecule has 6 nitrogen and oxygen atoms in total. The van der Waals surface area contributed by atoms with E-state index in [2.05, 4.69) is 29.0 Å². The molecule has 110 valence electrons. The fourth-order valence-corrected chi connectivity index (χ4v) is 2.89. The first-order valence-electron chi connectivity index (χ1n) is 7.14. The van der Waals surface area contributed by atoms with Gasteiger partial charge in [-0.25, -0.2) is 9.36 Å². The summed E-state index contributed by atoms with van der Waals surface area (Å²) < 4.78 is 1.02. The number of aromatic amines is 1. The maximum absolute atomic E-state index is 11.9. The van der Waals surface area contributed by atoms with Crippen molar-refractivity contribution in [3.8, 4) is 5.82 Å². The van der Waals surface area contributed by atoms with Crippen molar-refractivity contribution in [2.75, 3.05) is 0 Å². The van der Waals surface area contributed by atoms with Gasteiger partial charge in [0, 0.05) is 12.3 Å². The van der Waals surface area contributed by atoms with Crippen molar-refractivity contribution in [2.24, 2.45) is 11.8 Å². The van der Waals surface area contributed by atoms with E-state index in [1.165, 1.54) is 12.3 Å². The SMILES string of the molecule is Cc1nnc(-n2c(=O)cc[nH]c2=O)cc1[C@H]1C[C@@H]1C(C)C. The molecule has 1 saturated carbocycles. The van der Waals surface area contributed by atoms with E-state index in [1.807, 2.05) is 13.0 Å². The van der Waals surface area contributed by atoms with Crippen LogP contribution >= 0.6 is 0 Å². The van der Waals surface area contributed by atoms with Crippen molar-refractivity contribution in [3.05, 3.63) is 50.4 Å². The Morgan fingerprint density at radius 2 is 2.10 bits per heavy atom. The summed E-state index contributed by atoms with van der Waals surface area (Å²) in [6.07, 6.45) is 2.46. The van der Waals surface area contributed by atoms with Crippen LogP contribution in [0.15, 0.2) is 27.9 Å². The zero-order chi connectivity index (χ0) is 15.1. The number of rotatable bonds is 3. The van der Waals surface area contributed by atoms with Crippen LogP contribution < -0.4 is 11.2 Å². The van der Waals surface area contributed by atoms with Crippen LogP contribution in [0.25, 0.3) is 5.82 Å². The van der Waals surface area contributed by atoms with Crippen molar-refractivity contribution in [1.29, 1.82) is 0 Å². The molecule has 6 heteroatoms. The maximum atomic E-state index is 11.9. The number of hydrogen-bond donors (Lipinski definition) is 1. The minimum atomic E-state index is -0.497. The summed E-state index contributed by atoms with van der Waals surface area (Å²) in [6.45, 7) is 6.34. The van der Waals surface area contributed by atoms with E-state index < -0.39 is 11.2 Å². The topological polar surface area (TPSA) is 80.6 Å². The van der Waals surface area contributed by atoms with E-state index >= 15 is 0 Å². The highest BCUT2D eigenvalue weighted by Gasteiger charge is 2.41. The third kappa shape index (κ3) is 2.41. The molecule has 0 aliphatic heterocycles. The second-order valence-electron chi connectivity index (χ2n) is 5.95. The lowest BCUT2D eigenvalue weighted by atomic mass is 10.0. The van der Waals surface area contributed by atoms with Crippen LogP contribution in [0.3, 0.4) is 0 Å². The summed E-state index contributed by atoms with van der Waals surface area (Å²) >= 11 is 0. The predicted molar refractivity (Wildman–Crippen MR) is 78.7 cm³/mol. The van der Waals surface area contributed by atoms with Crippen LogP contribution in [0.1, 0.15) is 37.4 Å². The second kappa shape index (κ2) is 4.95. The maximum Gasteiger partial charge on any atom is 0.334 e. The minimum Gasteiger partial charge on any atom is -0.314 e. The lowest BCUT2D eigenvalue weighted by Gasteiger charge is -2.09. The van der Waals surface area contributed by atoms with Crippen molar-refractivity contribution in [1.82, 2.24) is 19.7 Å². The molecule has 2 aromatic heterocycles. The quantitative estimate of drug-likeness (QED) is 0.924. The van der Waals surface area contributed by atoms with Crippen molar-refractivity contribution in [2.45, 2.75) is 33.1 Å². The Kier molecular flexibility index (Phi) is 3.23. The lowest BCUT2D eigenvalue weighted by molar-refractivity contribution is 0.547. The van der Waals surface area contributed by atoms with Gasteiger partial charge in [-0.3, -0.25) is 4.79 Å². The van der Waals surface area contributed by atoms with E-state index in [1.54, 1.807) is 0 Å². The Morgan fingerprint density at radius 1 is 1.33 bits per heavy atom. The largest absolute Gasteiger partial charge is 0.334 e. The highest BCUT2D eigenvalue weighted by molar-refractivity contribution is 5.35. The van der Waals surface area contributed by atoms with Gasteiger partial charge in [-0.05, 0) is 42.7 Å². The Bertz CT molecular complexity index is 762. The van der Waals surface area contributed by atoms with Gasteiger partial charge in [-0.2, -0.15) is 5.10 Å². The van der Waals surface area contributed by atoms with Gasteiger partial charge in [-0.1, -0.05) is 13.8 Å². The number of H-pyrrole nitrogens is 1. The monoisotopic (exact) mass is 286 g/mol. The van der Waals surface area contributed by atoms with E-state index in [9.17, 15) is 9.59 Å². The Labute approximate surface area is 121 Å². The summed E-state index contributed by atoms with van der Waals surface area (Å²) in [5.41, 5.74) is 1.06. The number of aryl methyl sites for hydroxylation is 1. The van der Waals surface area contributed by atoms with Crippen molar-refractivity contribution >= 4 is 0 Å². The van der Waals surface area contributed by atoms with Crippen LogP contribution in [0.5, 0.6) is 0 Å². The third-order valence-corrected chi connectivity index (χ3v) is 4.19. The zero-order valence-electron chi connectivity index (χ0n) is 12.3. The zero-order valence-corrected chi connectivity index (χ0v) is 12.3. The van der Waals surface area contributed by atoms with Crippen LogP contribution in [0.2, 0.25) is 0 Å². The summed E-state index contributed by atoms with van der Waals surface area (Å²) in [5, 5.41) is 8.13. The average molecular weight is 286 g/mol. The van der Waals surface area contributed by atoms with Crippen LogP contribution in [0.4, 0.5) is 0 Å².